The van der Waals surface area contributed by atoms with Gasteiger partial charge in [-0.05, 0) is 29.3 Å². The summed E-state index contributed by atoms with van der Waals surface area (Å²) in [4.78, 5) is 11.8. The smallest absolute Gasteiger partial charge is 0.287 e. The van der Waals surface area contributed by atoms with Crippen LogP contribution in [0.5, 0.6) is 0 Å². The molecule has 5 heteroatoms. The number of nitrogens with one attached hydrogen (secondary N) is 1. The Balaban J connectivity index is 2.10. The predicted octanol–water partition coefficient (Wildman–Crippen LogP) is 2.40. The van der Waals surface area contributed by atoms with Crippen LogP contribution < -0.4 is 5.32 Å². The van der Waals surface area contributed by atoms with Crippen LogP contribution in [0, 0.1) is 0 Å². The van der Waals surface area contributed by atoms with Crippen LogP contribution in [0.4, 0.5) is 0 Å². The van der Waals surface area contributed by atoms with Crippen molar-refractivity contribution in [2.75, 3.05) is 6.61 Å². The van der Waals surface area contributed by atoms with Crippen molar-refractivity contribution in [3.63, 3.8) is 0 Å². The van der Waals surface area contributed by atoms with E-state index in [9.17, 15) is 9.90 Å². The zero-order valence-electron chi connectivity index (χ0n) is 9.47. The first-order valence-electron chi connectivity index (χ1n) is 5.42. The van der Waals surface area contributed by atoms with Crippen LogP contribution in [-0.2, 0) is 0 Å². The van der Waals surface area contributed by atoms with E-state index in [1.54, 1.807) is 0 Å². The summed E-state index contributed by atoms with van der Waals surface area (Å²) < 4.78 is 5.00. The van der Waals surface area contributed by atoms with Crippen LogP contribution in [0.3, 0.4) is 0 Å². The van der Waals surface area contributed by atoms with Gasteiger partial charge in [0.25, 0.3) is 5.91 Å². The second kappa shape index (κ2) is 5.71. The molecule has 1 aromatic carbocycles. The van der Waals surface area contributed by atoms with Crippen molar-refractivity contribution in [1.82, 2.24) is 5.32 Å². The number of aliphatic hydroxyl groups is 1. The summed E-state index contributed by atoms with van der Waals surface area (Å²) in [5, 5.41) is 12.1. The standard InChI is InChI=1S/C13H12ClNO3/c14-12-7-6-11(18-12)13(17)15-10(8-16)9-4-2-1-3-5-9/h1-7,10,16H,8H2,(H,15,17). The number of hydrogen-bond donors (Lipinski definition) is 2. The SMILES string of the molecule is O=C(NC(CO)c1ccccc1)c1ccc(Cl)o1. The average Bonchev–Trinajstić information content (AvgIpc) is 2.83. The third kappa shape index (κ3) is 2.91. The Bertz CT molecular complexity index is 524. The maximum absolute atomic E-state index is 11.8. The minimum atomic E-state index is -0.470. The fourth-order valence-corrected chi connectivity index (χ4v) is 1.73. The van der Waals surface area contributed by atoms with Gasteiger partial charge in [-0.1, -0.05) is 30.3 Å². The highest BCUT2D eigenvalue weighted by molar-refractivity contribution is 6.29. The van der Waals surface area contributed by atoms with Gasteiger partial charge in [0, 0.05) is 0 Å². The van der Waals surface area contributed by atoms with Gasteiger partial charge in [-0.2, -0.15) is 0 Å². The van der Waals surface area contributed by atoms with E-state index in [0.717, 1.165) is 5.56 Å². The Morgan fingerprint density at radius 3 is 2.56 bits per heavy atom. The molecule has 0 bridgehead atoms. The van der Waals surface area contributed by atoms with Crippen LogP contribution in [0.15, 0.2) is 46.9 Å². The molecule has 2 N–H and O–H groups in total. The summed E-state index contributed by atoms with van der Waals surface area (Å²) in [6.45, 7) is -0.190. The summed E-state index contributed by atoms with van der Waals surface area (Å²) >= 11 is 5.60. The van der Waals surface area contributed by atoms with Gasteiger partial charge in [-0.3, -0.25) is 4.79 Å². The highest BCUT2D eigenvalue weighted by Gasteiger charge is 2.17. The summed E-state index contributed by atoms with van der Waals surface area (Å²) in [6.07, 6.45) is 0. The largest absolute Gasteiger partial charge is 0.440 e. The quantitative estimate of drug-likeness (QED) is 0.892. The fraction of sp³-hybridized carbons (Fsp3) is 0.154. The van der Waals surface area contributed by atoms with Crippen molar-refractivity contribution in [2.45, 2.75) is 6.04 Å². The third-order valence-electron chi connectivity index (χ3n) is 2.49. The number of carbonyl (C=O) groups is 1. The Morgan fingerprint density at radius 2 is 2.00 bits per heavy atom. The Labute approximate surface area is 109 Å². The molecular weight excluding hydrogens is 254 g/mol. The first-order valence-corrected chi connectivity index (χ1v) is 5.80. The number of hydrogen-bond acceptors (Lipinski definition) is 3. The van der Waals surface area contributed by atoms with Gasteiger partial charge in [0.15, 0.2) is 11.0 Å². The van der Waals surface area contributed by atoms with E-state index in [-0.39, 0.29) is 17.6 Å². The summed E-state index contributed by atoms with van der Waals surface area (Å²) in [5.74, 6) is -0.292. The van der Waals surface area contributed by atoms with Gasteiger partial charge in [0.2, 0.25) is 0 Å². The van der Waals surface area contributed by atoms with Crippen molar-refractivity contribution in [1.29, 1.82) is 0 Å². The van der Waals surface area contributed by atoms with Crippen LogP contribution >= 0.6 is 11.6 Å². The summed E-state index contributed by atoms with van der Waals surface area (Å²) in [7, 11) is 0. The predicted molar refractivity (Wildman–Crippen MR) is 67.5 cm³/mol. The minimum absolute atomic E-state index is 0.120. The van der Waals surface area contributed by atoms with Crippen molar-refractivity contribution in [3.05, 3.63) is 59.0 Å². The minimum Gasteiger partial charge on any atom is -0.440 e. The van der Waals surface area contributed by atoms with Gasteiger partial charge in [0.1, 0.15) is 0 Å². The molecule has 1 aromatic heterocycles. The van der Waals surface area contributed by atoms with Crippen molar-refractivity contribution in [2.24, 2.45) is 0 Å². The Kier molecular flexibility index (Phi) is 4.02. The molecule has 18 heavy (non-hydrogen) atoms. The van der Waals surface area contributed by atoms with Crippen LogP contribution in [0.2, 0.25) is 5.22 Å². The maximum atomic E-state index is 11.8. The molecular formula is C13H12ClNO3. The lowest BCUT2D eigenvalue weighted by molar-refractivity contribution is 0.0888. The highest BCUT2D eigenvalue weighted by atomic mass is 35.5. The molecule has 0 spiro atoms. The molecule has 94 valence electrons. The third-order valence-corrected chi connectivity index (χ3v) is 2.69. The van der Waals surface area contributed by atoms with E-state index in [1.165, 1.54) is 12.1 Å². The number of amides is 1. The van der Waals surface area contributed by atoms with Gasteiger partial charge < -0.3 is 14.8 Å². The Morgan fingerprint density at radius 1 is 1.28 bits per heavy atom. The van der Waals surface area contributed by atoms with Crippen LogP contribution in [-0.4, -0.2) is 17.6 Å². The molecule has 0 fully saturated rings. The fourth-order valence-electron chi connectivity index (χ4n) is 1.59. The lowest BCUT2D eigenvalue weighted by atomic mass is 10.1. The van der Waals surface area contributed by atoms with Gasteiger partial charge in [-0.25, -0.2) is 0 Å². The van der Waals surface area contributed by atoms with Crippen molar-refractivity contribution >= 4 is 17.5 Å². The monoisotopic (exact) mass is 265 g/mol. The lowest BCUT2D eigenvalue weighted by Gasteiger charge is -2.15. The van der Waals surface area contributed by atoms with Crippen molar-refractivity contribution < 1.29 is 14.3 Å². The number of carbonyl (C=O) groups excluding carboxylic acids is 1. The number of benzene rings is 1. The van der Waals surface area contributed by atoms with Gasteiger partial charge >= 0.3 is 0 Å². The van der Waals surface area contributed by atoms with Crippen LogP contribution in [0.1, 0.15) is 22.2 Å². The molecule has 1 heterocycles. The lowest BCUT2D eigenvalue weighted by Crippen LogP contribution is -2.30. The van der Waals surface area contributed by atoms with E-state index in [2.05, 4.69) is 5.32 Å². The highest BCUT2D eigenvalue weighted by Crippen LogP contribution is 2.16. The molecule has 0 saturated carbocycles. The number of rotatable bonds is 4. The maximum Gasteiger partial charge on any atom is 0.287 e. The molecule has 4 nitrogen and oxygen atoms in total. The molecule has 2 rings (SSSR count). The second-order valence-corrected chi connectivity index (χ2v) is 4.10. The molecule has 2 aromatic rings. The zero-order chi connectivity index (χ0) is 13.0. The van der Waals surface area contributed by atoms with E-state index in [4.69, 9.17) is 16.0 Å². The first-order chi connectivity index (χ1) is 8.70. The zero-order valence-corrected chi connectivity index (χ0v) is 10.2. The summed E-state index contributed by atoms with van der Waals surface area (Å²) in [6, 6.07) is 11.7. The van der Waals surface area contributed by atoms with Gasteiger partial charge in [-0.15, -0.1) is 0 Å². The van der Waals surface area contributed by atoms with E-state index in [0.29, 0.717) is 0 Å². The van der Waals surface area contributed by atoms with Crippen molar-refractivity contribution in [3.8, 4) is 0 Å². The second-order valence-electron chi connectivity index (χ2n) is 3.72. The normalized spacial score (nSPS) is 12.1. The molecule has 0 radical (unpaired) electrons. The number of halogens is 1. The molecule has 0 saturated heterocycles. The van der Waals surface area contributed by atoms with E-state index < -0.39 is 11.9 Å². The molecule has 1 unspecified atom stereocenters. The number of furan rings is 1. The van der Waals surface area contributed by atoms with Crippen LogP contribution in [0.25, 0.3) is 0 Å². The number of aliphatic hydroxyl groups excluding tert-OH is 1. The average molecular weight is 266 g/mol. The van der Waals surface area contributed by atoms with E-state index >= 15 is 0 Å². The summed E-state index contributed by atoms with van der Waals surface area (Å²) in [5.41, 5.74) is 0.825. The molecule has 1 amide bonds. The molecule has 0 aliphatic heterocycles. The van der Waals surface area contributed by atoms with E-state index in [1.807, 2.05) is 30.3 Å². The Hall–Kier alpha value is -1.78. The topological polar surface area (TPSA) is 62.5 Å². The molecule has 1 atom stereocenters. The van der Waals surface area contributed by atoms with Gasteiger partial charge in [0.05, 0.1) is 12.6 Å². The molecule has 0 aliphatic rings. The first kappa shape index (κ1) is 12.7. The molecule has 0 aliphatic carbocycles.